The van der Waals surface area contributed by atoms with Crippen LogP contribution in [0.1, 0.15) is 31.4 Å². The molecule has 1 aromatic heterocycles. The van der Waals surface area contributed by atoms with Gasteiger partial charge < -0.3 is 4.42 Å². The highest BCUT2D eigenvalue weighted by molar-refractivity contribution is 5.29. The van der Waals surface area contributed by atoms with Gasteiger partial charge in [-0.15, -0.1) is 18.9 Å². The second kappa shape index (κ2) is 5.76. The largest absolute Gasteiger partial charge is 0.469 e. The monoisotopic (exact) mass is 238 g/mol. The van der Waals surface area contributed by atoms with Crippen molar-refractivity contribution in [3.8, 4) is 24.5 Å². The van der Waals surface area contributed by atoms with Crippen LogP contribution in [0.25, 0.3) is 0 Å². The van der Waals surface area contributed by atoms with Gasteiger partial charge in [0, 0.05) is 12.8 Å². The molecule has 0 saturated heterocycles. The molecule has 0 aliphatic rings. The smallest absolute Gasteiger partial charge is 0.158 e. The van der Waals surface area contributed by atoms with Crippen LogP contribution in [0.3, 0.4) is 0 Å². The van der Waals surface area contributed by atoms with E-state index in [1.165, 1.54) is 6.26 Å². The molecule has 0 N–H and O–H groups in total. The first-order valence-corrected chi connectivity index (χ1v) is 5.53. The molecule has 0 aliphatic carbocycles. The molecule has 0 amide bonds. The number of rotatable bonds is 5. The number of furan rings is 1. The molecule has 1 unspecified atom stereocenters. The van der Waals surface area contributed by atoms with Gasteiger partial charge in [-0.1, -0.05) is 5.57 Å². The molecule has 90 valence electrons. The number of nitriles is 2. The highest BCUT2D eigenvalue weighted by Gasteiger charge is 2.41. The van der Waals surface area contributed by atoms with Gasteiger partial charge in [-0.3, -0.25) is 0 Å². The second-order valence-electron chi connectivity index (χ2n) is 4.31. The van der Waals surface area contributed by atoms with Crippen LogP contribution in [-0.2, 0) is 0 Å². The quantitative estimate of drug-likeness (QED) is 0.583. The maximum absolute atomic E-state index is 9.40. The molecule has 3 nitrogen and oxygen atoms in total. The Morgan fingerprint density at radius 1 is 1.56 bits per heavy atom. The fraction of sp³-hybridized carbons (Fsp3) is 0.333. The first kappa shape index (κ1) is 13.6. The molecular formula is C15H14N2O. The minimum atomic E-state index is -1.23. The van der Waals surface area contributed by atoms with Gasteiger partial charge in [0.2, 0.25) is 0 Å². The maximum Gasteiger partial charge on any atom is 0.158 e. The zero-order chi connectivity index (χ0) is 13.6. The first-order valence-electron chi connectivity index (χ1n) is 5.53. The molecule has 0 fully saturated rings. The standard InChI is InChI=1S/C15H14N2O/c1-4-6-13(14-7-5-8-18-14)15(10-16,11-17)9-12(2)3/h1,5,7-8,13H,2,6,9H2,3H3. The highest BCUT2D eigenvalue weighted by atomic mass is 16.3. The highest BCUT2D eigenvalue weighted by Crippen LogP contribution is 2.42. The van der Waals surface area contributed by atoms with Crippen molar-refractivity contribution in [3.05, 3.63) is 36.3 Å². The number of terminal acetylenes is 1. The molecule has 0 radical (unpaired) electrons. The lowest BCUT2D eigenvalue weighted by Crippen LogP contribution is -2.26. The summed E-state index contributed by atoms with van der Waals surface area (Å²) in [5.41, 5.74) is -0.456. The second-order valence-corrected chi connectivity index (χ2v) is 4.31. The Bertz CT molecular complexity index is 521. The van der Waals surface area contributed by atoms with E-state index in [1.807, 2.05) is 0 Å². The van der Waals surface area contributed by atoms with Gasteiger partial charge in [0.25, 0.3) is 0 Å². The summed E-state index contributed by atoms with van der Waals surface area (Å²) in [6, 6.07) is 7.65. The third kappa shape index (κ3) is 2.62. The van der Waals surface area contributed by atoms with E-state index in [0.29, 0.717) is 5.76 Å². The Balaban J connectivity index is 3.24. The van der Waals surface area contributed by atoms with E-state index in [1.54, 1.807) is 19.1 Å². The minimum Gasteiger partial charge on any atom is -0.469 e. The van der Waals surface area contributed by atoms with E-state index in [0.717, 1.165) is 5.57 Å². The fourth-order valence-electron chi connectivity index (χ4n) is 1.98. The van der Waals surface area contributed by atoms with Gasteiger partial charge in [-0.25, -0.2) is 0 Å². The third-order valence-corrected chi connectivity index (χ3v) is 2.78. The summed E-state index contributed by atoms with van der Waals surface area (Å²) in [7, 11) is 0. The van der Waals surface area contributed by atoms with Crippen LogP contribution in [0, 0.1) is 40.4 Å². The number of hydrogen-bond acceptors (Lipinski definition) is 3. The van der Waals surface area contributed by atoms with Crippen molar-refractivity contribution >= 4 is 0 Å². The summed E-state index contributed by atoms with van der Waals surface area (Å²) in [5.74, 6) is 2.64. The van der Waals surface area contributed by atoms with Crippen molar-refractivity contribution in [2.75, 3.05) is 0 Å². The topological polar surface area (TPSA) is 60.7 Å². The van der Waals surface area contributed by atoms with Crippen LogP contribution in [0.15, 0.2) is 35.0 Å². The molecule has 0 bridgehead atoms. The van der Waals surface area contributed by atoms with Crippen LogP contribution < -0.4 is 0 Å². The van der Waals surface area contributed by atoms with Gasteiger partial charge >= 0.3 is 0 Å². The van der Waals surface area contributed by atoms with Gasteiger partial charge in [0.1, 0.15) is 5.76 Å². The van der Waals surface area contributed by atoms with E-state index in [9.17, 15) is 10.5 Å². The summed E-state index contributed by atoms with van der Waals surface area (Å²) < 4.78 is 5.31. The molecule has 1 heterocycles. The molecule has 0 aromatic carbocycles. The van der Waals surface area contributed by atoms with Gasteiger partial charge in [-0.2, -0.15) is 10.5 Å². The van der Waals surface area contributed by atoms with E-state index in [2.05, 4.69) is 24.6 Å². The Kier molecular flexibility index (Phi) is 4.36. The first-order chi connectivity index (χ1) is 8.59. The predicted octanol–water partition coefficient (Wildman–Crippen LogP) is 3.39. The van der Waals surface area contributed by atoms with Crippen LogP contribution in [0.5, 0.6) is 0 Å². The van der Waals surface area contributed by atoms with E-state index in [4.69, 9.17) is 10.8 Å². The van der Waals surface area contributed by atoms with Crippen LogP contribution in [0.2, 0.25) is 0 Å². The van der Waals surface area contributed by atoms with E-state index >= 15 is 0 Å². The lowest BCUT2D eigenvalue weighted by Gasteiger charge is -2.26. The molecule has 0 saturated carbocycles. The summed E-state index contributed by atoms with van der Waals surface area (Å²) >= 11 is 0. The Morgan fingerprint density at radius 3 is 2.61 bits per heavy atom. The maximum atomic E-state index is 9.40. The molecule has 3 heteroatoms. The van der Waals surface area contributed by atoms with Gasteiger partial charge in [-0.05, 0) is 19.1 Å². The zero-order valence-electron chi connectivity index (χ0n) is 10.3. The summed E-state index contributed by atoms with van der Waals surface area (Å²) in [6.07, 6.45) is 7.42. The van der Waals surface area contributed by atoms with Gasteiger partial charge in [0.15, 0.2) is 5.41 Å². The molecule has 1 rings (SSSR count). The van der Waals surface area contributed by atoms with Crippen LogP contribution in [-0.4, -0.2) is 0 Å². The molecule has 0 aliphatic heterocycles. The van der Waals surface area contributed by atoms with Gasteiger partial charge in [0.05, 0.1) is 24.3 Å². The summed E-state index contributed by atoms with van der Waals surface area (Å²) in [4.78, 5) is 0. The number of nitrogens with zero attached hydrogens (tertiary/aromatic N) is 2. The Morgan fingerprint density at radius 2 is 2.22 bits per heavy atom. The van der Waals surface area contributed by atoms with Crippen LogP contribution in [0.4, 0.5) is 0 Å². The van der Waals surface area contributed by atoms with Crippen molar-refractivity contribution in [1.82, 2.24) is 0 Å². The molecule has 18 heavy (non-hydrogen) atoms. The van der Waals surface area contributed by atoms with Crippen molar-refractivity contribution < 1.29 is 4.42 Å². The van der Waals surface area contributed by atoms with Crippen molar-refractivity contribution in [1.29, 1.82) is 10.5 Å². The van der Waals surface area contributed by atoms with E-state index < -0.39 is 11.3 Å². The van der Waals surface area contributed by atoms with E-state index in [-0.39, 0.29) is 12.8 Å². The van der Waals surface area contributed by atoms with Crippen LogP contribution >= 0.6 is 0 Å². The molecule has 1 atom stereocenters. The summed E-state index contributed by atoms with van der Waals surface area (Å²) in [6.45, 7) is 5.57. The van der Waals surface area contributed by atoms with Crippen molar-refractivity contribution in [2.45, 2.75) is 25.7 Å². The number of hydrogen-bond donors (Lipinski definition) is 0. The SMILES string of the molecule is C#CCC(c1ccco1)C(C#N)(C#N)CC(=C)C. The zero-order valence-corrected chi connectivity index (χ0v) is 10.3. The normalized spacial score (nSPS) is 11.9. The van der Waals surface area contributed by atoms with Crippen molar-refractivity contribution in [2.24, 2.45) is 5.41 Å². The van der Waals surface area contributed by atoms with Crippen molar-refractivity contribution in [3.63, 3.8) is 0 Å². The lowest BCUT2D eigenvalue weighted by molar-refractivity contribution is 0.346. The molecule has 0 spiro atoms. The molecular weight excluding hydrogens is 224 g/mol. The number of allylic oxidation sites excluding steroid dienone is 1. The summed E-state index contributed by atoms with van der Waals surface area (Å²) in [5, 5.41) is 18.8. The Hall–Kier alpha value is -2.44. The average molecular weight is 238 g/mol. The predicted molar refractivity (Wildman–Crippen MR) is 68.0 cm³/mol. The Labute approximate surface area is 107 Å². The average Bonchev–Trinajstić information content (AvgIpc) is 2.86. The lowest BCUT2D eigenvalue weighted by atomic mass is 9.71. The molecule has 1 aromatic rings. The third-order valence-electron chi connectivity index (χ3n) is 2.78. The minimum absolute atomic E-state index is 0.280. The fourth-order valence-corrected chi connectivity index (χ4v) is 1.98.